The number of guanidine groups is 1. The molecule has 1 aliphatic heterocycles. The maximum atomic E-state index is 5.43. The third kappa shape index (κ3) is 3.96. The molecule has 1 aromatic heterocycles. The molecule has 0 aromatic carbocycles. The summed E-state index contributed by atoms with van der Waals surface area (Å²) in [6.07, 6.45) is 2.95. The zero-order valence-electron chi connectivity index (χ0n) is 12.7. The Bertz CT molecular complexity index is 437. The van der Waals surface area contributed by atoms with Crippen molar-refractivity contribution >= 4 is 5.96 Å². The minimum absolute atomic E-state index is 0.612. The van der Waals surface area contributed by atoms with Crippen LogP contribution in [-0.4, -0.2) is 54.0 Å². The lowest BCUT2D eigenvalue weighted by molar-refractivity contribution is 0.181. The highest BCUT2D eigenvalue weighted by Gasteiger charge is 2.19. The van der Waals surface area contributed by atoms with E-state index in [0.717, 1.165) is 44.4 Å². The Morgan fingerprint density at radius 3 is 3.10 bits per heavy atom. The van der Waals surface area contributed by atoms with Crippen LogP contribution in [0, 0.1) is 5.92 Å². The zero-order chi connectivity index (χ0) is 14.4. The first-order valence-corrected chi connectivity index (χ1v) is 7.24. The lowest BCUT2D eigenvalue weighted by Gasteiger charge is -2.24. The van der Waals surface area contributed by atoms with E-state index in [1.807, 2.05) is 17.8 Å². The molecule has 6 heteroatoms. The van der Waals surface area contributed by atoms with Gasteiger partial charge in [0.2, 0.25) is 0 Å². The highest BCUT2D eigenvalue weighted by Crippen LogP contribution is 2.13. The van der Waals surface area contributed by atoms with Crippen LogP contribution in [0.1, 0.15) is 19.0 Å². The predicted octanol–water partition coefficient (Wildman–Crippen LogP) is 0.854. The van der Waals surface area contributed by atoms with Gasteiger partial charge >= 0.3 is 0 Å². The molecule has 0 saturated carbocycles. The summed E-state index contributed by atoms with van der Waals surface area (Å²) in [6.45, 7) is 6.34. The molecule has 1 unspecified atom stereocenters. The van der Waals surface area contributed by atoms with Crippen molar-refractivity contribution < 1.29 is 4.74 Å². The molecule has 0 bridgehead atoms. The molecule has 0 radical (unpaired) electrons. The van der Waals surface area contributed by atoms with Crippen LogP contribution in [0.25, 0.3) is 0 Å². The molecule has 1 fully saturated rings. The summed E-state index contributed by atoms with van der Waals surface area (Å²) in [6, 6.07) is 2.00. The quantitative estimate of drug-likeness (QED) is 0.641. The van der Waals surface area contributed by atoms with Gasteiger partial charge in [-0.3, -0.25) is 4.68 Å². The molecule has 1 atom stereocenters. The summed E-state index contributed by atoms with van der Waals surface area (Å²) in [5, 5.41) is 7.51. The van der Waals surface area contributed by atoms with Crippen molar-refractivity contribution in [2.45, 2.75) is 19.9 Å². The van der Waals surface area contributed by atoms with Gasteiger partial charge in [-0.2, -0.15) is 5.10 Å². The number of aliphatic imine (C=N–C) groups is 1. The van der Waals surface area contributed by atoms with Crippen LogP contribution in [0.15, 0.2) is 17.3 Å². The van der Waals surface area contributed by atoms with Crippen LogP contribution in [0.2, 0.25) is 0 Å². The van der Waals surface area contributed by atoms with E-state index < -0.39 is 0 Å². The van der Waals surface area contributed by atoms with Gasteiger partial charge in [-0.15, -0.1) is 0 Å². The second-order valence-corrected chi connectivity index (χ2v) is 5.23. The fourth-order valence-electron chi connectivity index (χ4n) is 2.38. The Kier molecular flexibility index (Phi) is 5.40. The second kappa shape index (κ2) is 7.28. The number of nitrogens with zero attached hydrogens (tertiary/aromatic N) is 4. The number of rotatable bonds is 5. The van der Waals surface area contributed by atoms with Crippen molar-refractivity contribution in [2.75, 3.05) is 33.4 Å². The topological polar surface area (TPSA) is 54.7 Å². The van der Waals surface area contributed by atoms with Crippen LogP contribution in [-0.2, 0) is 18.3 Å². The largest absolute Gasteiger partial charge is 0.381 e. The maximum Gasteiger partial charge on any atom is 0.194 e. The number of hydrogen-bond acceptors (Lipinski definition) is 3. The van der Waals surface area contributed by atoms with Gasteiger partial charge in [-0.1, -0.05) is 0 Å². The smallest absolute Gasteiger partial charge is 0.194 e. The van der Waals surface area contributed by atoms with E-state index in [-0.39, 0.29) is 0 Å². The SMILES string of the molecule is CCNC(=NCc1ccnn1C)N(C)CC1CCOC1. The third-order valence-electron chi connectivity index (χ3n) is 3.57. The van der Waals surface area contributed by atoms with Gasteiger partial charge < -0.3 is 15.0 Å². The molecule has 0 amide bonds. The minimum Gasteiger partial charge on any atom is -0.381 e. The first-order valence-electron chi connectivity index (χ1n) is 7.24. The average molecular weight is 279 g/mol. The zero-order valence-corrected chi connectivity index (χ0v) is 12.7. The van der Waals surface area contributed by atoms with Crippen molar-refractivity contribution in [3.8, 4) is 0 Å². The molecule has 2 heterocycles. The number of hydrogen-bond donors (Lipinski definition) is 1. The van der Waals surface area contributed by atoms with Crippen molar-refractivity contribution in [1.82, 2.24) is 20.0 Å². The summed E-state index contributed by atoms with van der Waals surface area (Å²) < 4.78 is 7.29. The Morgan fingerprint density at radius 1 is 1.65 bits per heavy atom. The normalized spacial score (nSPS) is 19.4. The first kappa shape index (κ1) is 14.8. The van der Waals surface area contributed by atoms with Gasteiger partial charge in [0, 0.05) is 45.9 Å². The highest BCUT2D eigenvalue weighted by molar-refractivity contribution is 5.79. The number of aryl methyl sites for hydroxylation is 1. The van der Waals surface area contributed by atoms with Gasteiger partial charge in [-0.25, -0.2) is 4.99 Å². The molecule has 0 aliphatic carbocycles. The summed E-state index contributed by atoms with van der Waals surface area (Å²) in [4.78, 5) is 6.88. The van der Waals surface area contributed by atoms with Crippen LogP contribution in [0.5, 0.6) is 0 Å². The number of nitrogens with one attached hydrogen (secondary N) is 1. The maximum absolute atomic E-state index is 5.43. The summed E-state index contributed by atoms with van der Waals surface area (Å²) in [7, 11) is 4.03. The van der Waals surface area contributed by atoms with E-state index in [4.69, 9.17) is 4.74 Å². The molecular formula is C14H25N5O. The molecule has 20 heavy (non-hydrogen) atoms. The third-order valence-corrected chi connectivity index (χ3v) is 3.57. The van der Waals surface area contributed by atoms with Crippen molar-refractivity contribution in [3.63, 3.8) is 0 Å². The summed E-state index contributed by atoms with van der Waals surface area (Å²) in [5.41, 5.74) is 1.11. The Balaban J connectivity index is 1.95. The molecule has 6 nitrogen and oxygen atoms in total. The van der Waals surface area contributed by atoms with Crippen molar-refractivity contribution in [2.24, 2.45) is 18.0 Å². The summed E-state index contributed by atoms with van der Waals surface area (Å²) in [5.74, 6) is 1.56. The molecule has 2 rings (SSSR count). The van der Waals surface area contributed by atoms with Crippen LogP contribution >= 0.6 is 0 Å². The van der Waals surface area contributed by atoms with E-state index in [1.165, 1.54) is 0 Å². The van der Waals surface area contributed by atoms with Crippen LogP contribution in [0.3, 0.4) is 0 Å². The molecule has 1 aliphatic rings. The Hall–Kier alpha value is -1.56. The van der Waals surface area contributed by atoms with E-state index in [1.54, 1.807) is 6.20 Å². The first-order chi connectivity index (χ1) is 9.70. The van der Waals surface area contributed by atoms with Gasteiger partial charge in [-0.05, 0) is 19.4 Å². The van der Waals surface area contributed by atoms with E-state index >= 15 is 0 Å². The van der Waals surface area contributed by atoms with Gasteiger partial charge in [0.05, 0.1) is 18.8 Å². The van der Waals surface area contributed by atoms with E-state index in [9.17, 15) is 0 Å². The standard InChI is InChI=1S/C14H25N5O/c1-4-15-14(16-9-13-5-7-17-19(13)3)18(2)10-12-6-8-20-11-12/h5,7,12H,4,6,8-11H2,1-3H3,(H,15,16). The minimum atomic E-state index is 0.612. The number of aromatic nitrogens is 2. The van der Waals surface area contributed by atoms with Crippen molar-refractivity contribution in [3.05, 3.63) is 18.0 Å². The highest BCUT2D eigenvalue weighted by atomic mass is 16.5. The molecule has 112 valence electrons. The van der Waals surface area contributed by atoms with Gasteiger partial charge in [0.15, 0.2) is 5.96 Å². The average Bonchev–Trinajstić information content (AvgIpc) is 3.06. The lowest BCUT2D eigenvalue weighted by Crippen LogP contribution is -2.41. The molecule has 0 spiro atoms. The fraction of sp³-hybridized carbons (Fsp3) is 0.714. The van der Waals surface area contributed by atoms with Gasteiger partial charge in [0.25, 0.3) is 0 Å². The molecular weight excluding hydrogens is 254 g/mol. The predicted molar refractivity (Wildman–Crippen MR) is 79.6 cm³/mol. The fourth-order valence-corrected chi connectivity index (χ4v) is 2.38. The van der Waals surface area contributed by atoms with Gasteiger partial charge in [0.1, 0.15) is 0 Å². The van der Waals surface area contributed by atoms with E-state index in [0.29, 0.717) is 12.5 Å². The van der Waals surface area contributed by atoms with Crippen LogP contribution < -0.4 is 5.32 Å². The molecule has 1 aromatic rings. The lowest BCUT2D eigenvalue weighted by atomic mass is 10.1. The Morgan fingerprint density at radius 2 is 2.50 bits per heavy atom. The van der Waals surface area contributed by atoms with E-state index in [2.05, 4.69) is 34.3 Å². The monoisotopic (exact) mass is 279 g/mol. The molecule has 1 saturated heterocycles. The Labute approximate surface area is 120 Å². The molecule has 1 N–H and O–H groups in total. The van der Waals surface area contributed by atoms with Crippen LogP contribution in [0.4, 0.5) is 0 Å². The number of ether oxygens (including phenoxy) is 1. The summed E-state index contributed by atoms with van der Waals surface area (Å²) >= 11 is 0. The second-order valence-electron chi connectivity index (χ2n) is 5.23. The van der Waals surface area contributed by atoms with Crippen molar-refractivity contribution in [1.29, 1.82) is 0 Å².